The summed E-state index contributed by atoms with van der Waals surface area (Å²) in [5, 5.41) is 0. The Labute approximate surface area is 446 Å². The van der Waals surface area contributed by atoms with Crippen molar-refractivity contribution in [1.29, 1.82) is 0 Å². The van der Waals surface area contributed by atoms with Crippen LogP contribution in [-0.2, 0) is 28.6 Å². The van der Waals surface area contributed by atoms with Crippen molar-refractivity contribution in [1.82, 2.24) is 0 Å². The molecular weight excluding hydrogens is 901 g/mol. The van der Waals surface area contributed by atoms with Gasteiger partial charge >= 0.3 is 17.9 Å². The molecule has 1 unspecified atom stereocenters. The van der Waals surface area contributed by atoms with Crippen LogP contribution in [0.2, 0.25) is 0 Å². The van der Waals surface area contributed by atoms with Gasteiger partial charge in [0.05, 0.1) is 6.42 Å². The highest BCUT2D eigenvalue weighted by atomic mass is 16.6. The molecule has 6 heteroatoms. The fourth-order valence-electron chi connectivity index (χ4n) is 6.54. The summed E-state index contributed by atoms with van der Waals surface area (Å²) >= 11 is 0. The normalized spacial score (nSPS) is 13.6. The van der Waals surface area contributed by atoms with E-state index in [9.17, 15) is 14.4 Å². The van der Waals surface area contributed by atoms with Crippen molar-refractivity contribution in [2.24, 2.45) is 0 Å². The van der Waals surface area contributed by atoms with E-state index in [-0.39, 0.29) is 44.4 Å². The van der Waals surface area contributed by atoms with Gasteiger partial charge in [-0.1, -0.05) is 222 Å². The molecule has 0 saturated carbocycles. The number of hydrogen-bond acceptors (Lipinski definition) is 6. The molecule has 0 rings (SSSR count). The number of rotatable bonds is 47. The summed E-state index contributed by atoms with van der Waals surface area (Å²) in [6.45, 7) is 6.11. The topological polar surface area (TPSA) is 78.9 Å². The highest BCUT2D eigenvalue weighted by Gasteiger charge is 2.19. The van der Waals surface area contributed by atoms with E-state index in [0.29, 0.717) is 19.3 Å². The molecule has 0 aromatic rings. The van der Waals surface area contributed by atoms with Gasteiger partial charge in [-0.3, -0.25) is 14.4 Å². The zero-order valence-electron chi connectivity index (χ0n) is 45.8. The van der Waals surface area contributed by atoms with Gasteiger partial charge in [0.25, 0.3) is 0 Å². The second kappa shape index (κ2) is 58.8. The lowest BCUT2D eigenvalue weighted by atomic mass is 10.1. The zero-order chi connectivity index (χ0) is 52.9. The van der Waals surface area contributed by atoms with Gasteiger partial charge in [0.2, 0.25) is 0 Å². The first-order chi connectivity index (χ1) is 36.0. The van der Waals surface area contributed by atoms with Crippen molar-refractivity contribution in [2.45, 2.75) is 194 Å². The van der Waals surface area contributed by atoms with Crippen LogP contribution in [0, 0.1) is 0 Å². The third kappa shape index (κ3) is 57.0. The van der Waals surface area contributed by atoms with Gasteiger partial charge in [0.15, 0.2) is 6.10 Å². The lowest BCUT2D eigenvalue weighted by Crippen LogP contribution is -2.30. The molecule has 0 fully saturated rings. The molecule has 0 bridgehead atoms. The first kappa shape index (κ1) is 67.2. The molecule has 0 aromatic heterocycles. The molecular formula is C67H98O6. The molecule has 0 aliphatic heterocycles. The van der Waals surface area contributed by atoms with E-state index >= 15 is 0 Å². The predicted octanol–water partition coefficient (Wildman–Crippen LogP) is 19.1. The predicted molar refractivity (Wildman–Crippen MR) is 315 cm³/mol. The third-order valence-corrected chi connectivity index (χ3v) is 10.6. The van der Waals surface area contributed by atoms with Crippen LogP contribution in [-0.4, -0.2) is 37.2 Å². The summed E-state index contributed by atoms with van der Waals surface area (Å²) in [5.41, 5.74) is 0. The fourth-order valence-corrected chi connectivity index (χ4v) is 6.54. The largest absolute Gasteiger partial charge is 0.462 e. The van der Waals surface area contributed by atoms with E-state index < -0.39 is 12.1 Å². The number of allylic oxidation sites excluding steroid dienone is 31. The number of unbranched alkanes of at least 4 members (excludes halogenated alkanes) is 5. The van der Waals surface area contributed by atoms with Gasteiger partial charge in [0, 0.05) is 12.8 Å². The van der Waals surface area contributed by atoms with E-state index in [1.54, 1.807) is 6.08 Å². The first-order valence-electron chi connectivity index (χ1n) is 27.9. The van der Waals surface area contributed by atoms with Crippen LogP contribution < -0.4 is 0 Å². The number of ether oxygens (including phenoxy) is 3. The fraction of sp³-hybridized carbons (Fsp3) is 0.478. The lowest BCUT2D eigenvalue weighted by Gasteiger charge is -2.18. The standard InChI is InChI=1S/C67H98O6/c1-4-7-10-13-16-19-22-25-28-30-32-33-35-36-39-42-45-48-51-54-57-60-66(69)72-63-64(62-71-65(68)59-56-53-50-47-44-41-38-27-24-21-18-15-12-9-6-3)73-67(70)61-58-55-52-49-46-43-40-37-34-31-29-26-23-20-17-14-11-8-5-2/h7-12,16-21,25-29,32-34,36-39,43-48,53,56,64H,4-6,13-15,22-24,30-31,35,40-42,49-52,54-55,57-63H2,1-3H3/b10-7-,11-8-,12-9-,19-16-,20-17-,21-18-,28-25-,29-26-,33-32-,37-34-,38-27-,39-36-,46-43-,47-44-,48-45-,56-53-. The summed E-state index contributed by atoms with van der Waals surface area (Å²) in [7, 11) is 0. The van der Waals surface area contributed by atoms with Crippen LogP contribution in [0.25, 0.3) is 0 Å². The molecule has 0 radical (unpaired) electrons. The average Bonchev–Trinajstić information content (AvgIpc) is 3.39. The van der Waals surface area contributed by atoms with Gasteiger partial charge in [-0.25, -0.2) is 0 Å². The summed E-state index contributed by atoms with van der Waals surface area (Å²) < 4.78 is 16.7. The minimum atomic E-state index is -0.867. The SMILES string of the molecule is CC/C=C\C/C=C\C/C=C\C/C=C\C/C=C\C/C=C\CCCCC(=O)OCC(COC(=O)C/C=C\C/C=C\C/C=C\C/C=C\C/C=C\CC)OC(=O)CCCCC/C=C\C/C=C\C/C=C\C/C=C\C/C=C\CC. The van der Waals surface area contributed by atoms with Gasteiger partial charge in [-0.15, -0.1) is 0 Å². The van der Waals surface area contributed by atoms with Gasteiger partial charge in [-0.2, -0.15) is 0 Å². The van der Waals surface area contributed by atoms with Crippen molar-refractivity contribution in [3.05, 3.63) is 194 Å². The van der Waals surface area contributed by atoms with Crippen LogP contribution in [0.1, 0.15) is 188 Å². The molecule has 402 valence electrons. The lowest BCUT2D eigenvalue weighted by molar-refractivity contribution is -0.166. The Morgan fingerprint density at radius 1 is 0.288 bits per heavy atom. The van der Waals surface area contributed by atoms with Crippen LogP contribution in [0.3, 0.4) is 0 Å². The molecule has 1 atom stereocenters. The van der Waals surface area contributed by atoms with Crippen LogP contribution >= 0.6 is 0 Å². The Morgan fingerprint density at radius 3 is 0.890 bits per heavy atom. The maximum atomic E-state index is 12.8. The molecule has 6 nitrogen and oxygen atoms in total. The number of carbonyl (C=O) groups is 3. The Hall–Kier alpha value is -5.75. The Bertz CT molecular complexity index is 1810. The van der Waals surface area contributed by atoms with E-state index in [1.165, 1.54) is 0 Å². The molecule has 0 saturated heterocycles. The minimum Gasteiger partial charge on any atom is -0.462 e. The van der Waals surface area contributed by atoms with Crippen LogP contribution in [0.4, 0.5) is 0 Å². The van der Waals surface area contributed by atoms with Crippen LogP contribution in [0.5, 0.6) is 0 Å². The molecule has 0 N–H and O–H groups in total. The summed E-state index contributed by atoms with van der Waals surface area (Å²) in [6.07, 6.45) is 90.1. The van der Waals surface area contributed by atoms with Crippen molar-refractivity contribution in [3.8, 4) is 0 Å². The van der Waals surface area contributed by atoms with E-state index in [1.807, 2.05) is 6.08 Å². The van der Waals surface area contributed by atoms with Gasteiger partial charge in [-0.05, 0) is 141 Å². The second-order valence-electron chi connectivity index (χ2n) is 17.4. The zero-order valence-corrected chi connectivity index (χ0v) is 45.8. The van der Waals surface area contributed by atoms with E-state index in [0.717, 1.165) is 128 Å². The monoisotopic (exact) mass is 999 g/mol. The maximum Gasteiger partial charge on any atom is 0.309 e. The van der Waals surface area contributed by atoms with Gasteiger partial charge < -0.3 is 14.2 Å². The quantitative estimate of drug-likeness (QED) is 0.0262. The second-order valence-corrected chi connectivity index (χ2v) is 17.4. The molecule has 0 aromatic carbocycles. The molecule has 0 heterocycles. The van der Waals surface area contributed by atoms with E-state index in [4.69, 9.17) is 14.2 Å². The molecule has 0 aliphatic rings. The molecule has 73 heavy (non-hydrogen) atoms. The Balaban J connectivity index is 4.68. The highest BCUT2D eigenvalue weighted by Crippen LogP contribution is 2.10. The summed E-state index contributed by atoms with van der Waals surface area (Å²) in [6, 6.07) is 0. The van der Waals surface area contributed by atoms with Crippen molar-refractivity contribution < 1.29 is 28.6 Å². The number of hydrogen-bond donors (Lipinski definition) is 0. The van der Waals surface area contributed by atoms with Gasteiger partial charge in [0.1, 0.15) is 13.2 Å². The first-order valence-corrected chi connectivity index (χ1v) is 27.9. The smallest absolute Gasteiger partial charge is 0.309 e. The summed E-state index contributed by atoms with van der Waals surface area (Å²) in [4.78, 5) is 38.1. The Kier molecular flexibility index (Phi) is 54.2. The van der Waals surface area contributed by atoms with Crippen LogP contribution in [0.15, 0.2) is 194 Å². The van der Waals surface area contributed by atoms with Crippen molar-refractivity contribution >= 4 is 17.9 Å². The average molecular weight is 1000 g/mol. The summed E-state index contributed by atoms with van der Waals surface area (Å²) in [5.74, 6) is -1.18. The highest BCUT2D eigenvalue weighted by molar-refractivity contribution is 5.72. The minimum absolute atomic E-state index is 0.0998. The van der Waals surface area contributed by atoms with Crippen molar-refractivity contribution in [3.63, 3.8) is 0 Å². The Morgan fingerprint density at radius 2 is 0.548 bits per heavy atom. The number of carbonyl (C=O) groups excluding carboxylic acids is 3. The third-order valence-electron chi connectivity index (χ3n) is 10.6. The molecule has 0 spiro atoms. The molecule has 0 amide bonds. The molecule has 0 aliphatic carbocycles. The maximum absolute atomic E-state index is 12.8. The number of esters is 3. The van der Waals surface area contributed by atoms with Crippen molar-refractivity contribution in [2.75, 3.05) is 13.2 Å². The van der Waals surface area contributed by atoms with E-state index in [2.05, 4.69) is 203 Å².